The Bertz CT molecular complexity index is 913. The number of thioether (sulfide) groups is 1. The van der Waals surface area contributed by atoms with Gasteiger partial charge in [-0.3, -0.25) is 4.72 Å². The number of sulfonamides is 1. The maximum atomic E-state index is 13.1. The van der Waals surface area contributed by atoms with Crippen molar-refractivity contribution < 1.29 is 26.3 Å². The molecule has 0 heterocycles. The van der Waals surface area contributed by atoms with E-state index >= 15 is 0 Å². The van der Waals surface area contributed by atoms with Crippen LogP contribution in [0.4, 0.5) is 18.9 Å². The Morgan fingerprint density at radius 2 is 1.89 bits per heavy atom. The number of halogens is 3. The van der Waals surface area contributed by atoms with Gasteiger partial charge in [-0.2, -0.15) is 13.2 Å². The monoisotopic (exact) mass is 419 g/mol. The molecule has 0 saturated heterocycles. The van der Waals surface area contributed by atoms with Gasteiger partial charge in [0.05, 0.1) is 12.7 Å². The van der Waals surface area contributed by atoms with Crippen LogP contribution in [0.5, 0.6) is 5.75 Å². The Morgan fingerprint density at radius 1 is 1.19 bits per heavy atom. The molecule has 0 spiro atoms. The van der Waals surface area contributed by atoms with Gasteiger partial charge in [0, 0.05) is 10.6 Å². The summed E-state index contributed by atoms with van der Waals surface area (Å²) < 4.78 is 72.6. The van der Waals surface area contributed by atoms with E-state index < -0.39 is 21.8 Å². The van der Waals surface area contributed by atoms with Crippen LogP contribution in [0.3, 0.4) is 0 Å². The molecule has 0 saturated carbocycles. The van der Waals surface area contributed by atoms with Crippen LogP contribution in [0.2, 0.25) is 0 Å². The fourth-order valence-corrected chi connectivity index (χ4v) is 5.07. The topological polar surface area (TPSA) is 55.4 Å². The highest BCUT2D eigenvalue weighted by Gasteiger charge is 2.33. The highest BCUT2D eigenvalue weighted by atomic mass is 32.2. The Hall–Kier alpha value is -1.87. The van der Waals surface area contributed by atoms with Crippen molar-refractivity contribution >= 4 is 27.5 Å². The van der Waals surface area contributed by atoms with Crippen molar-refractivity contribution in [2.75, 3.05) is 17.6 Å². The number of ether oxygens (including phenoxy) is 1. The summed E-state index contributed by atoms with van der Waals surface area (Å²) in [6, 6.07) is 8.14. The van der Waals surface area contributed by atoms with E-state index in [0.717, 1.165) is 12.5 Å². The van der Waals surface area contributed by atoms with Gasteiger partial charge in [0.15, 0.2) is 0 Å². The predicted molar refractivity (Wildman–Crippen MR) is 101 cm³/mol. The van der Waals surface area contributed by atoms with Crippen LogP contribution < -0.4 is 9.46 Å². The molecule has 0 radical (unpaired) electrons. The number of aryl methyl sites for hydroxylation is 1. The van der Waals surface area contributed by atoms with Gasteiger partial charge in [0.1, 0.15) is 10.6 Å². The average molecular weight is 419 g/mol. The zero-order valence-corrected chi connectivity index (χ0v) is 16.7. The first-order chi connectivity index (χ1) is 12.6. The number of methoxy groups -OCH3 is 1. The second kappa shape index (κ2) is 8.43. The lowest BCUT2D eigenvalue weighted by Crippen LogP contribution is -2.16. The van der Waals surface area contributed by atoms with Gasteiger partial charge in [0.25, 0.3) is 10.0 Å². The van der Waals surface area contributed by atoms with Crippen molar-refractivity contribution in [1.29, 1.82) is 0 Å². The molecule has 2 aromatic carbocycles. The standard InChI is InChI=1S/C18H20F3NO3S2/c1-4-10-26-16-7-5-6-15(25-3)17(16)27(23,24)22-13-9-8-12(2)14(11-13)18(19,20)21/h5-9,11,22H,4,10H2,1-3H3. The third-order valence-corrected chi connectivity index (χ3v) is 6.54. The van der Waals surface area contributed by atoms with E-state index in [0.29, 0.717) is 10.6 Å². The molecule has 2 aromatic rings. The van der Waals surface area contributed by atoms with E-state index in [-0.39, 0.29) is 21.9 Å². The van der Waals surface area contributed by atoms with E-state index in [1.165, 1.54) is 44.0 Å². The second-order valence-electron chi connectivity index (χ2n) is 5.77. The van der Waals surface area contributed by atoms with Crippen LogP contribution >= 0.6 is 11.8 Å². The van der Waals surface area contributed by atoms with Gasteiger partial charge >= 0.3 is 6.18 Å². The van der Waals surface area contributed by atoms with Crippen molar-refractivity contribution in [3.8, 4) is 5.75 Å². The number of rotatable bonds is 7. The third kappa shape index (κ3) is 5.10. The summed E-state index contributed by atoms with van der Waals surface area (Å²) in [7, 11) is -2.81. The van der Waals surface area contributed by atoms with Crippen molar-refractivity contribution in [2.24, 2.45) is 0 Å². The van der Waals surface area contributed by atoms with Crippen LogP contribution in [0, 0.1) is 6.92 Å². The van der Waals surface area contributed by atoms with Gasteiger partial charge in [-0.1, -0.05) is 19.1 Å². The fourth-order valence-electron chi connectivity index (χ4n) is 2.44. The van der Waals surface area contributed by atoms with Crippen LogP contribution in [0.25, 0.3) is 0 Å². The van der Waals surface area contributed by atoms with Gasteiger partial charge in [0.2, 0.25) is 0 Å². The van der Waals surface area contributed by atoms with Crippen LogP contribution in [0.1, 0.15) is 24.5 Å². The van der Waals surface area contributed by atoms with Crippen LogP contribution in [-0.2, 0) is 16.2 Å². The largest absolute Gasteiger partial charge is 0.495 e. The zero-order chi connectivity index (χ0) is 20.2. The molecule has 0 aliphatic heterocycles. The Labute approximate surface area is 161 Å². The van der Waals surface area contributed by atoms with Crippen molar-refractivity contribution in [3.05, 3.63) is 47.5 Å². The Kier molecular flexibility index (Phi) is 6.69. The summed E-state index contributed by atoms with van der Waals surface area (Å²) in [5.41, 5.74) is -1.03. The molecule has 1 N–H and O–H groups in total. The minimum absolute atomic E-state index is 0.0157. The normalized spacial score (nSPS) is 12.1. The molecule has 27 heavy (non-hydrogen) atoms. The lowest BCUT2D eigenvalue weighted by molar-refractivity contribution is -0.138. The van der Waals surface area contributed by atoms with E-state index in [2.05, 4.69) is 4.72 Å². The van der Waals surface area contributed by atoms with Crippen molar-refractivity contribution in [1.82, 2.24) is 0 Å². The molecule has 148 valence electrons. The lowest BCUT2D eigenvalue weighted by Gasteiger charge is -2.17. The minimum Gasteiger partial charge on any atom is -0.495 e. The molecule has 9 heteroatoms. The van der Waals surface area contributed by atoms with Crippen LogP contribution in [0.15, 0.2) is 46.2 Å². The number of nitrogens with one attached hydrogen (secondary N) is 1. The predicted octanol–water partition coefficient (Wildman–Crippen LogP) is 5.33. The lowest BCUT2D eigenvalue weighted by atomic mass is 10.1. The van der Waals surface area contributed by atoms with Gasteiger partial charge in [-0.15, -0.1) is 11.8 Å². The summed E-state index contributed by atoms with van der Waals surface area (Å²) in [5, 5.41) is 0. The molecule has 0 atom stereocenters. The molecule has 0 bridgehead atoms. The average Bonchev–Trinajstić information content (AvgIpc) is 2.59. The quantitative estimate of drug-likeness (QED) is 0.617. The molecule has 0 amide bonds. The number of hydrogen-bond donors (Lipinski definition) is 1. The maximum Gasteiger partial charge on any atom is 0.416 e. The van der Waals surface area contributed by atoms with E-state index in [4.69, 9.17) is 4.74 Å². The molecular formula is C18H20F3NO3S2. The molecule has 0 aliphatic carbocycles. The zero-order valence-electron chi connectivity index (χ0n) is 15.1. The molecule has 0 aliphatic rings. The number of alkyl halides is 3. The smallest absolute Gasteiger partial charge is 0.416 e. The van der Waals surface area contributed by atoms with Crippen LogP contribution in [-0.4, -0.2) is 21.3 Å². The van der Waals surface area contributed by atoms with Gasteiger partial charge in [-0.05, 0) is 48.9 Å². The Morgan fingerprint density at radius 3 is 2.48 bits per heavy atom. The summed E-state index contributed by atoms with van der Waals surface area (Å²) in [4.78, 5) is 0.395. The first-order valence-electron chi connectivity index (χ1n) is 8.10. The van der Waals surface area contributed by atoms with Gasteiger partial charge in [-0.25, -0.2) is 8.42 Å². The van der Waals surface area contributed by atoms with E-state index in [1.807, 2.05) is 6.92 Å². The summed E-state index contributed by atoms with van der Waals surface area (Å²) in [5.74, 6) is 0.824. The van der Waals surface area contributed by atoms with Gasteiger partial charge < -0.3 is 4.74 Å². The van der Waals surface area contributed by atoms with Crippen molar-refractivity contribution in [2.45, 2.75) is 36.2 Å². The summed E-state index contributed by atoms with van der Waals surface area (Å²) in [6.45, 7) is 3.28. The molecule has 0 fully saturated rings. The first kappa shape index (κ1) is 21.4. The number of anilines is 1. The molecule has 4 nitrogen and oxygen atoms in total. The fraction of sp³-hybridized carbons (Fsp3) is 0.333. The number of benzene rings is 2. The third-order valence-electron chi connectivity index (χ3n) is 3.69. The highest BCUT2D eigenvalue weighted by molar-refractivity contribution is 8.00. The molecule has 0 aromatic heterocycles. The second-order valence-corrected chi connectivity index (χ2v) is 8.52. The molecular weight excluding hydrogens is 399 g/mol. The maximum absolute atomic E-state index is 13.1. The first-order valence-corrected chi connectivity index (χ1v) is 10.6. The summed E-state index contributed by atoms with van der Waals surface area (Å²) >= 11 is 1.34. The number of hydrogen-bond acceptors (Lipinski definition) is 4. The van der Waals surface area contributed by atoms with E-state index in [9.17, 15) is 21.6 Å². The Balaban J connectivity index is 2.49. The van der Waals surface area contributed by atoms with E-state index in [1.54, 1.807) is 12.1 Å². The SMILES string of the molecule is CCCSc1cccc(OC)c1S(=O)(=O)Nc1ccc(C)c(C(F)(F)F)c1. The van der Waals surface area contributed by atoms with Crippen molar-refractivity contribution in [3.63, 3.8) is 0 Å². The minimum atomic E-state index is -4.57. The molecule has 2 rings (SSSR count). The molecule has 0 unspecified atom stereocenters. The summed E-state index contributed by atoms with van der Waals surface area (Å²) in [6.07, 6.45) is -3.74. The highest BCUT2D eigenvalue weighted by Crippen LogP contribution is 2.37.